The molecule has 0 unspecified atom stereocenters. The summed E-state index contributed by atoms with van der Waals surface area (Å²) in [6, 6.07) is 7.00. The Bertz CT molecular complexity index is 1010. The summed E-state index contributed by atoms with van der Waals surface area (Å²) in [7, 11) is 0. The van der Waals surface area contributed by atoms with Gasteiger partial charge in [0.25, 0.3) is 5.56 Å². The highest BCUT2D eigenvalue weighted by molar-refractivity contribution is 6.32. The van der Waals surface area contributed by atoms with Gasteiger partial charge >= 0.3 is 6.18 Å². The van der Waals surface area contributed by atoms with Crippen LogP contribution in [0.15, 0.2) is 41.2 Å². The Morgan fingerprint density at radius 1 is 1.12 bits per heavy atom. The van der Waals surface area contributed by atoms with Crippen LogP contribution in [-0.4, -0.2) is 10.1 Å². The molecule has 124 valence electrons. The lowest BCUT2D eigenvalue weighted by molar-refractivity contribution is -0.137. The number of hydrogen-bond donors (Lipinski definition) is 3. The number of nitrogens with two attached hydrogens (primary N) is 1. The Kier molecular flexibility index (Phi) is 3.68. The maximum atomic E-state index is 13.0. The third-order valence-corrected chi connectivity index (χ3v) is 3.92. The summed E-state index contributed by atoms with van der Waals surface area (Å²) >= 11 is 5.85. The van der Waals surface area contributed by atoms with Gasteiger partial charge in [-0.05, 0) is 35.9 Å². The normalized spacial score (nSPS) is 11.8. The van der Waals surface area contributed by atoms with Crippen LogP contribution in [0.5, 0.6) is 5.75 Å². The molecule has 4 nitrogen and oxygen atoms in total. The van der Waals surface area contributed by atoms with Gasteiger partial charge in [-0.25, -0.2) is 0 Å². The van der Waals surface area contributed by atoms with Gasteiger partial charge in [0.1, 0.15) is 11.4 Å². The van der Waals surface area contributed by atoms with Crippen LogP contribution in [0.4, 0.5) is 18.9 Å². The van der Waals surface area contributed by atoms with Crippen LogP contribution in [0.25, 0.3) is 22.0 Å². The van der Waals surface area contributed by atoms with E-state index in [0.717, 1.165) is 12.1 Å². The highest BCUT2D eigenvalue weighted by Gasteiger charge is 2.31. The molecule has 3 aromatic rings. The number of aromatic amines is 1. The number of pyridine rings is 1. The van der Waals surface area contributed by atoms with Crippen molar-refractivity contribution in [1.29, 1.82) is 0 Å². The summed E-state index contributed by atoms with van der Waals surface area (Å²) < 4.78 is 39.0. The number of nitrogen functional groups attached to an aromatic ring is 1. The fourth-order valence-corrected chi connectivity index (χ4v) is 2.64. The first-order valence-corrected chi connectivity index (χ1v) is 7.08. The third kappa shape index (κ3) is 2.67. The van der Waals surface area contributed by atoms with Gasteiger partial charge in [0.2, 0.25) is 0 Å². The van der Waals surface area contributed by atoms with E-state index in [9.17, 15) is 23.1 Å². The predicted molar refractivity (Wildman–Crippen MR) is 86.1 cm³/mol. The summed E-state index contributed by atoms with van der Waals surface area (Å²) in [4.78, 5) is 14.4. The summed E-state index contributed by atoms with van der Waals surface area (Å²) in [6.07, 6.45) is -4.54. The van der Waals surface area contributed by atoms with Crippen LogP contribution in [0, 0.1) is 0 Å². The van der Waals surface area contributed by atoms with Crippen molar-refractivity contribution in [2.75, 3.05) is 5.73 Å². The molecule has 0 saturated carbocycles. The van der Waals surface area contributed by atoms with Crippen LogP contribution < -0.4 is 11.3 Å². The van der Waals surface area contributed by atoms with Crippen molar-refractivity contribution < 1.29 is 18.3 Å². The van der Waals surface area contributed by atoms with Crippen molar-refractivity contribution in [3.05, 3.63) is 57.3 Å². The molecule has 0 aliphatic rings. The zero-order chi connectivity index (χ0) is 17.6. The smallest absolute Gasteiger partial charge is 0.416 e. The molecular formula is C16H10ClF3N2O2. The molecule has 2 aromatic carbocycles. The number of alkyl halides is 3. The number of anilines is 1. The molecule has 1 heterocycles. The van der Waals surface area contributed by atoms with Crippen LogP contribution in [0.3, 0.4) is 0 Å². The molecule has 3 rings (SSSR count). The topological polar surface area (TPSA) is 79.1 Å². The summed E-state index contributed by atoms with van der Waals surface area (Å²) in [5.74, 6) is -0.191. The first-order chi connectivity index (χ1) is 11.2. The third-order valence-electron chi connectivity index (χ3n) is 3.61. The minimum absolute atomic E-state index is 0.00712. The second-order valence-electron chi connectivity index (χ2n) is 5.17. The maximum absolute atomic E-state index is 13.0. The first-order valence-electron chi connectivity index (χ1n) is 6.70. The number of rotatable bonds is 1. The fraction of sp³-hybridized carbons (Fsp3) is 0.0625. The molecule has 24 heavy (non-hydrogen) atoms. The highest BCUT2D eigenvalue weighted by Crippen LogP contribution is 2.38. The van der Waals surface area contributed by atoms with E-state index in [1.54, 1.807) is 0 Å². The van der Waals surface area contributed by atoms with Gasteiger partial charge in [-0.2, -0.15) is 13.2 Å². The van der Waals surface area contributed by atoms with Crippen molar-refractivity contribution in [2.24, 2.45) is 0 Å². The minimum atomic E-state index is -4.54. The van der Waals surface area contributed by atoms with Crippen molar-refractivity contribution in [3.63, 3.8) is 0 Å². The van der Waals surface area contributed by atoms with Gasteiger partial charge in [-0.3, -0.25) is 4.79 Å². The van der Waals surface area contributed by atoms with Gasteiger partial charge < -0.3 is 15.8 Å². The second-order valence-corrected chi connectivity index (χ2v) is 5.57. The number of hydrogen-bond acceptors (Lipinski definition) is 3. The number of aromatic nitrogens is 1. The van der Waals surface area contributed by atoms with Gasteiger partial charge in [0, 0.05) is 16.5 Å². The average Bonchev–Trinajstić information content (AvgIpc) is 2.50. The molecule has 0 bridgehead atoms. The Labute approximate surface area is 138 Å². The van der Waals surface area contributed by atoms with Crippen LogP contribution in [0.2, 0.25) is 5.02 Å². The van der Waals surface area contributed by atoms with E-state index < -0.39 is 17.3 Å². The van der Waals surface area contributed by atoms with E-state index in [1.165, 1.54) is 24.3 Å². The number of aromatic hydroxyl groups is 1. The lowest BCUT2D eigenvalue weighted by Gasteiger charge is -2.13. The summed E-state index contributed by atoms with van der Waals surface area (Å²) in [5, 5.41) is 9.62. The minimum Gasteiger partial charge on any atom is -0.506 e. The first kappa shape index (κ1) is 16.2. The van der Waals surface area contributed by atoms with E-state index in [1.807, 2.05) is 0 Å². The Hall–Kier alpha value is -2.67. The molecule has 4 N–H and O–H groups in total. The molecule has 0 aliphatic heterocycles. The molecule has 0 radical (unpaired) electrons. The molecule has 8 heteroatoms. The largest absolute Gasteiger partial charge is 0.506 e. The van der Waals surface area contributed by atoms with Crippen LogP contribution >= 0.6 is 11.6 Å². The SMILES string of the molecule is Nc1c(-c2ccc(O)c(Cl)c2)c2cc(C(F)(F)F)ccc2[nH]c1=O. The zero-order valence-corrected chi connectivity index (χ0v) is 12.7. The molecule has 1 aromatic heterocycles. The van der Waals surface area contributed by atoms with Crippen molar-refractivity contribution in [1.82, 2.24) is 4.98 Å². The Morgan fingerprint density at radius 3 is 2.46 bits per heavy atom. The number of phenols is 1. The Morgan fingerprint density at radius 2 is 1.83 bits per heavy atom. The van der Waals surface area contributed by atoms with E-state index in [0.29, 0.717) is 5.56 Å². The summed E-state index contributed by atoms with van der Waals surface area (Å²) in [5.41, 5.74) is 4.73. The van der Waals surface area contributed by atoms with Crippen LogP contribution in [-0.2, 0) is 6.18 Å². The molecule has 0 atom stereocenters. The Balaban J connectivity index is 2.41. The number of halogens is 4. The van der Waals surface area contributed by atoms with E-state index >= 15 is 0 Å². The van der Waals surface area contributed by atoms with Crippen molar-refractivity contribution in [3.8, 4) is 16.9 Å². The quantitative estimate of drug-likeness (QED) is 0.614. The predicted octanol–water partition coefficient (Wildman–Crippen LogP) is 4.16. The van der Waals surface area contributed by atoms with Gasteiger partial charge in [-0.1, -0.05) is 17.7 Å². The number of H-pyrrole nitrogens is 1. The fourth-order valence-electron chi connectivity index (χ4n) is 2.46. The lowest BCUT2D eigenvalue weighted by Crippen LogP contribution is -2.14. The van der Waals surface area contributed by atoms with Gasteiger partial charge in [0.05, 0.1) is 10.6 Å². The van der Waals surface area contributed by atoms with E-state index in [4.69, 9.17) is 17.3 Å². The molecule has 0 fully saturated rings. The molecule has 0 amide bonds. The average molecular weight is 355 g/mol. The van der Waals surface area contributed by atoms with E-state index in [2.05, 4.69) is 4.98 Å². The number of fused-ring (bicyclic) bond motifs is 1. The standard InChI is InChI=1S/C16H10ClF3N2O2/c17-10-5-7(1-4-12(10)23)13-9-6-8(16(18,19)20)2-3-11(9)22-15(24)14(13)21/h1-6,23H,21H2,(H,22,24). The lowest BCUT2D eigenvalue weighted by atomic mass is 9.98. The van der Waals surface area contributed by atoms with Crippen molar-refractivity contribution >= 4 is 28.2 Å². The molecule has 0 spiro atoms. The van der Waals surface area contributed by atoms with Crippen molar-refractivity contribution in [2.45, 2.75) is 6.18 Å². The monoisotopic (exact) mass is 354 g/mol. The maximum Gasteiger partial charge on any atom is 0.416 e. The number of nitrogens with one attached hydrogen (secondary N) is 1. The highest BCUT2D eigenvalue weighted by atomic mass is 35.5. The second kappa shape index (κ2) is 5.45. The molecular weight excluding hydrogens is 345 g/mol. The van der Waals surface area contributed by atoms with Crippen LogP contribution in [0.1, 0.15) is 5.56 Å². The number of phenolic OH excluding ortho intramolecular Hbond substituents is 1. The zero-order valence-electron chi connectivity index (χ0n) is 11.9. The summed E-state index contributed by atoms with van der Waals surface area (Å²) in [6.45, 7) is 0. The molecule has 0 saturated heterocycles. The van der Waals surface area contributed by atoms with Gasteiger partial charge in [-0.15, -0.1) is 0 Å². The molecule has 0 aliphatic carbocycles. The van der Waals surface area contributed by atoms with E-state index in [-0.39, 0.29) is 32.9 Å². The number of benzene rings is 2. The van der Waals surface area contributed by atoms with Gasteiger partial charge in [0.15, 0.2) is 0 Å².